The van der Waals surface area contributed by atoms with Gasteiger partial charge in [0.25, 0.3) is 5.69 Å². The minimum absolute atomic E-state index is 0.888. The topological polar surface area (TPSA) is 17.2 Å². The molecule has 0 aliphatic carbocycles. The summed E-state index contributed by atoms with van der Waals surface area (Å²) in [6.45, 7) is 2.10. The van der Waals surface area contributed by atoms with Gasteiger partial charge in [0.05, 0.1) is 17.2 Å². The third kappa shape index (κ3) is 3.21. The van der Waals surface area contributed by atoms with E-state index in [4.69, 9.17) is 4.42 Å². The Morgan fingerprint density at radius 2 is 1.41 bits per heavy atom. The number of oxazole rings is 1. The van der Waals surface area contributed by atoms with Crippen molar-refractivity contribution in [3.8, 4) is 33.8 Å². The Kier molecular flexibility index (Phi) is 4.02. The van der Waals surface area contributed by atoms with E-state index in [0.29, 0.717) is 0 Å². The average molecular weight is 371 g/mol. The van der Waals surface area contributed by atoms with Crippen molar-refractivity contribution in [3.05, 3.63) is 72.3 Å². The number of hydrogen-bond acceptors (Lipinski definition) is 1. The summed E-state index contributed by atoms with van der Waals surface area (Å²) in [4.78, 5) is 0. The van der Waals surface area contributed by atoms with Crippen molar-refractivity contribution in [2.75, 3.05) is 0 Å². The van der Waals surface area contributed by atoms with Gasteiger partial charge in [-0.1, -0.05) is 42.0 Å². The van der Waals surface area contributed by atoms with Crippen LogP contribution in [0.15, 0.2) is 71.1 Å². The van der Waals surface area contributed by atoms with Crippen molar-refractivity contribution in [3.63, 3.8) is 0 Å². The number of hydrogen-bond donors (Lipinski definition) is 0. The van der Waals surface area contributed by atoms with E-state index in [9.17, 15) is 17.3 Å². The second-order valence-electron chi connectivity index (χ2n) is 6.27. The molecule has 3 heterocycles. The van der Waals surface area contributed by atoms with Crippen LogP contribution in [-0.2, 0) is 0 Å². The zero-order valence-corrected chi connectivity index (χ0v) is 14.3. The lowest BCUT2D eigenvalue weighted by molar-refractivity contribution is -0.485. The molecular formula is C20H14BF4NO. The first-order valence-corrected chi connectivity index (χ1v) is 8.34. The van der Waals surface area contributed by atoms with Crippen LogP contribution in [-0.4, -0.2) is 7.25 Å². The van der Waals surface area contributed by atoms with Gasteiger partial charge in [-0.15, -0.1) is 4.40 Å². The molecule has 0 N–H and O–H groups in total. The summed E-state index contributed by atoms with van der Waals surface area (Å²) in [6.07, 6.45) is 0. The first-order chi connectivity index (χ1) is 12.8. The minimum atomic E-state index is -6.00. The van der Waals surface area contributed by atoms with Crippen LogP contribution in [0.5, 0.6) is 0 Å². The normalized spacial score (nSPS) is 11.9. The second-order valence-corrected chi connectivity index (χ2v) is 6.27. The molecule has 0 spiro atoms. The number of pyridine rings is 1. The molecule has 0 saturated carbocycles. The van der Waals surface area contributed by atoms with Crippen LogP contribution in [0.1, 0.15) is 5.56 Å². The largest absolute Gasteiger partial charge is 0.673 e. The van der Waals surface area contributed by atoms with Gasteiger partial charge in [-0.2, -0.15) is 0 Å². The fourth-order valence-electron chi connectivity index (χ4n) is 3.32. The number of aromatic nitrogens is 1. The maximum Gasteiger partial charge on any atom is 0.673 e. The molecule has 136 valence electrons. The Morgan fingerprint density at radius 3 is 2.07 bits per heavy atom. The maximum absolute atomic E-state index is 9.75. The highest BCUT2D eigenvalue weighted by Crippen LogP contribution is 2.41. The van der Waals surface area contributed by atoms with Crippen LogP contribution in [0.2, 0.25) is 0 Å². The van der Waals surface area contributed by atoms with Gasteiger partial charge >= 0.3 is 13.0 Å². The molecular weight excluding hydrogens is 357 g/mol. The molecule has 2 aromatic carbocycles. The van der Waals surface area contributed by atoms with Gasteiger partial charge in [0.2, 0.25) is 11.5 Å². The third-order valence-corrected chi connectivity index (χ3v) is 4.37. The van der Waals surface area contributed by atoms with Crippen molar-refractivity contribution >= 4 is 13.0 Å². The van der Waals surface area contributed by atoms with Gasteiger partial charge in [-0.25, -0.2) is 0 Å². The van der Waals surface area contributed by atoms with Crippen molar-refractivity contribution in [2.24, 2.45) is 0 Å². The quantitative estimate of drug-likeness (QED) is 0.202. The molecule has 5 rings (SSSR count). The number of rotatable bonds is 1. The number of halogens is 4. The molecule has 2 aromatic heterocycles. The van der Waals surface area contributed by atoms with E-state index >= 15 is 0 Å². The average Bonchev–Trinajstić information content (AvgIpc) is 3.16. The number of nitrogens with zero attached hydrogens (tertiary/aromatic N) is 1. The van der Waals surface area contributed by atoms with E-state index in [0.717, 1.165) is 22.7 Å². The highest BCUT2D eigenvalue weighted by atomic mass is 19.5. The highest BCUT2D eigenvalue weighted by Gasteiger charge is 2.36. The van der Waals surface area contributed by atoms with Gasteiger partial charge in [0.1, 0.15) is 0 Å². The predicted octanol–water partition coefficient (Wildman–Crippen LogP) is 5.94. The van der Waals surface area contributed by atoms with Gasteiger partial charge in [-0.3, -0.25) is 0 Å². The van der Waals surface area contributed by atoms with Crippen molar-refractivity contribution in [1.82, 2.24) is 0 Å². The summed E-state index contributed by atoms with van der Waals surface area (Å²) >= 11 is 0. The molecule has 0 saturated heterocycles. The standard InChI is InChI=1S/C20H14NO.BF4/c1-13-9-11-14(12-10-13)20-19-16-6-3-2-5-15(16)17-7-4-8-18(22-20)21(17)19;2-1(3,4)5/h2-12H,1H3;/q+1;-1. The lowest BCUT2D eigenvalue weighted by Gasteiger charge is -1.98. The van der Waals surface area contributed by atoms with Gasteiger partial charge in [0, 0.05) is 11.6 Å². The van der Waals surface area contributed by atoms with Gasteiger partial charge in [-0.05, 0) is 25.1 Å². The maximum atomic E-state index is 9.75. The first-order valence-electron chi connectivity index (χ1n) is 8.34. The van der Waals surface area contributed by atoms with Gasteiger partial charge in [0.15, 0.2) is 0 Å². The second kappa shape index (κ2) is 6.26. The van der Waals surface area contributed by atoms with Crippen LogP contribution >= 0.6 is 0 Å². The molecule has 0 unspecified atom stereocenters. The molecule has 0 atom stereocenters. The van der Waals surface area contributed by atoms with Crippen LogP contribution < -0.4 is 4.40 Å². The Labute approximate surface area is 152 Å². The summed E-state index contributed by atoms with van der Waals surface area (Å²) in [5.74, 6) is 0.942. The smallest absolute Gasteiger partial charge is 0.418 e. The molecule has 0 radical (unpaired) electrons. The van der Waals surface area contributed by atoms with Crippen molar-refractivity contribution in [2.45, 2.75) is 6.92 Å². The molecule has 1 aliphatic rings. The van der Waals surface area contributed by atoms with E-state index < -0.39 is 7.25 Å². The summed E-state index contributed by atoms with van der Waals surface area (Å²) in [5, 5.41) is 0. The highest BCUT2D eigenvalue weighted by molar-refractivity contribution is 6.50. The predicted molar refractivity (Wildman–Crippen MR) is 96.7 cm³/mol. The fraction of sp³-hybridized carbons (Fsp3) is 0.0500. The summed E-state index contributed by atoms with van der Waals surface area (Å²) in [6, 6.07) is 23.3. The van der Waals surface area contributed by atoms with E-state index in [1.54, 1.807) is 0 Å². The molecule has 0 bridgehead atoms. The number of fused-ring (bicyclic) bond motifs is 3. The molecule has 1 aliphatic heterocycles. The Balaban J connectivity index is 0.000000323. The molecule has 0 fully saturated rings. The fourth-order valence-corrected chi connectivity index (χ4v) is 3.32. The third-order valence-electron chi connectivity index (χ3n) is 4.37. The lowest BCUT2D eigenvalue weighted by atomic mass is 10.0. The van der Waals surface area contributed by atoms with E-state index in [1.165, 1.54) is 22.4 Å². The number of aryl methyl sites for hydroxylation is 1. The summed E-state index contributed by atoms with van der Waals surface area (Å²) < 4.78 is 47.4. The van der Waals surface area contributed by atoms with E-state index in [-0.39, 0.29) is 0 Å². The SMILES string of the molecule is Cc1ccc(-c2oc3cccc4[n+]3c2-c2ccccc2-4)cc1.F[B-](F)(F)F. The molecule has 4 aromatic rings. The molecule has 2 nitrogen and oxygen atoms in total. The molecule has 7 heteroatoms. The Bertz CT molecular complexity index is 1130. The first kappa shape index (κ1) is 17.3. The summed E-state index contributed by atoms with van der Waals surface area (Å²) in [5.41, 5.74) is 8.13. The van der Waals surface area contributed by atoms with Crippen LogP contribution in [0.4, 0.5) is 17.3 Å². The van der Waals surface area contributed by atoms with Crippen LogP contribution in [0.3, 0.4) is 0 Å². The van der Waals surface area contributed by atoms with Crippen LogP contribution in [0.25, 0.3) is 39.6 Å². The van der Waals surface area contributed by atoms with Crippen molar-refractivity contribution < 1.29 is 26.1 Å². The monoisotopic (exact) mass is 371 g/mol. The summed E-state index contributed by atoms with van der Waals surface area (Å²) in [7, 11) is -6.00. The van der Waals surface area contributed by atoms with Gasteiger partial charge < -0.3 is 21.7 Å². The lowest BCUT2D eigenvalue weighted by Crippen LogP contribution is -2.20. The number of benzene rings is 2. The van der Waals surface area contributed by atoms with E-state index in [2.05, 4.69) is 72.0 Å². The zero-order valence-electron chi connectivity index (χ0n) is 14.3. The Hall–Kier alpha value is -3.09. The minimum Gasteiger partial charge on any atom is -0.418 e. The Morgan fingerprint density at radius 1 is 0.778 bits per heavy atom. The zero-order chi connectivity index (χ0) is 19.2. The van der Waals surface area contributed by atoms with Crippen molar-refractivity contribution in [1.29, 1.82) is 0 Å². The van der Waals surface area contributed by atoms with E-state index in [1.807, 2.05) is 6.07 Å². The molecule has 0 amide bonds. The molecule has 27 heavy (non-hydrogen) atoms. The van der Waals surface area contributed by atoms with Crippen LogP contribution in [0, 0.1) is 6.92 Å².